The second-order valence-corrected chi connectivity index (χ2v) is 5.25. The fourth-order valence-corrected chi connectivity index (χ4v) is 2.21. The maximum Gasteiger partial charge on any atom is 0.253 e. The van der Waals surface area contributed by atoms with Crippen LogP contribution in [0.1, 0.15) is 19.0 Å². The summed E-state index contributed by atoms with van der Waals surface area (Å²) in [7, 11) is 3.06. The fraction of sp³-hybridized carbons (Fsp3) is 0.353. The Morgan fingerprint density at radius 2 is 1.83 bits per heavy atom. The monoisotopic (exact) mass is 331 g/mol. The normalized spacial score (nSPS) is 10.3. The quantitative estimate of drug-likeness (QED) is 0.837. The lowest BCUT2D eigenvalue weighted by molar-refractivity contribution is -0.116. The molecule has 0 aliphatic rings. The number of nitrogens with one attached hydrogen (secondary N) is 1. The van der Waals surface area contributed by atoms with E-state index in [4.69, 9.17) is 9.47 Å². The minimum Gasteiger partial charge on any atom is -0.497 e. The number of nitrogens with zero attached hydrogens (tertiary/aromatic N) is 2. The van der Waals surface area contributed by atoms with E-state index in [0.717, 1.165) is 18.5 Å². The molecule has 1 amide bonds. The third kappa shape index (κ3) is 4.58. The van der Waals surface area contributed by atoms with Crippen molar-refractivity contribution < 1.29 is 14.3 Å². The van der Waals surface area contributed by atoms with Crippen molar-refractivity contribution in [1.29, 1.82) is 0 Å². The van der Waals surface area contributed by atoms with E-state index in [-0.39, 0.29) is 18.0 Å². The van der Waals surface area contributed by atoms with Gasteiger partial charge in [-0.1, -0.05) is 13.3 Å². The molecule has 0 saturated carbocycles. The van der Waals surface area contributed by atoms with Crippen LogP contribution < -0.4 is 20.3 Å². The molecule has 0 bridgehead atoms. The molecule has 1 N–H and O–H groups in total. The molecule has 2 rings (SSSR count). The van der Waals surface area contributed by atoms with Crippen LogP contribution in [-0.2, 0) is 17.8 Å². The van der Waals surface area contributed by atoms with Crippen LogP contribution in [0.3, 0.4) is 0 Å². The smallest absolute Gasteiger partial charge is 0.253 e. The summed E-state index contributed by atoms with van der Waals surface area (Å²) in [6.07, 6.45) is 3.06. The van der Waals surface area contributed by atoms with Crippen LogP contribution in [0.15, 0.2) is 35.4 Å². The molecule has 0 aliphatic carbocycles. The third-order valence-corrected chi connectivity index (χ3v) is 3.39. The molecule has 0 atom stereocenters. The number of rotatable bonds is 7. The summed E-state index contributed by atoms with van der Waals surface area (Å²) in [5.41, 5.74) is 1.02. The molecular weight excluding hydrogens is 310 g/mol. The highest BCUT2D eigenvalue weighted by molar-refractivity contribution is 5.91. The maximum absolute atomic E-state index is 12.2. The van der Waals surface area contributed by atoms with Gasteiger partial charge >= 0.3 is 0 Å². The van der Waals surface area contributed by atoms with Crippen LogP contribution in [0.2, 0.25) is 0 Å². The molecule has 1 aromatic heterocycles. The predicted molar refractivity (Wildman–Crippen MR) is 90.7 cm³/mol. The Hall–Kier alpha value is -2.83. The molecular formula is C17H21N3O4. The van der Waals surface area contributed by atoms with Crippen molar-refractivity contribution in [2.24, 2.45) is 0 Å². The average molecular weight is 331 g/mol. The van der Waals surface area contributed by atoms with Gasteiger partial charge in [0.1, 0.15) is 18.0 Å². The Bertz CT molecular complexity index is 748. The summed E-state index contributed by atoms with van der Waals surface area (Å²) in [6, 6.07) is 6.51. The first-order chi connectivity index (χ1) is 11.5. The van der Waals surface area contributed by atoms with E-state index in [1.807, 2.05) is 6.92 Å². The van der Waals surface area contributed by atoms with Crippen LogP contribution in [0.25, 0.3) is 0 Å². The average Bonchev–Trinajstić information content (AvgIpc) is 2.57. The standard InChI is InChI=1S/C17H21N3O4/c1-4-5-12-8-17(22)20(11-18-12)10-16(21)19-13-6-14(23-2)9-15(7-13)24-3/h6-9,11H,4-5,10H2,1-3H3,(H,19,21). The number of aromatic nitrogens is 2. The molecule has 7 heteroatoms. The Morgan fingerprint density at radius 1 is 1.17 bits per heavy atom. The molecule has 0 saturated heterocycles. The van der Waals surface area contributed by atoms with Crippen molar-refractivity contribution in [2.75, 3.05) is 19.5 Å². The van der Waals surface area contributed by atoms with Crippen molar-refractivity contribution in [1.82, 2.24) is 9.55 Å². The van der Waals surface area contributed by atoms with Crippen molar-refractivity contribution in [2.45, 2.75) is 26.3 Å². The molecule has 0 radical (unpaired) electrons. The number of hydrogen-bond donors (Lipinski definition) is 1. The van der Waals surface area contributed by atoms with Crippen LogP contribution in [0.5, 0.6) is 11.5 Å². The lowest BCUT2D eigenvalue weighted by Gasteiger charge is -2.10. The molecule has 0 spiro atoms. The summed E-state index contributed by atoms with van der Waals surface area (Å²) < 4.78 is 11.6. The molecule has 7 nitrogen and oxygen atoms in total. The molecule has 1 heterocycles. The number of carbonyl (C=O) groups is 1. The number of methoxy groups -OCH3 is 2. The second-order valence-electron chi connectivity index (χ2n) is 5.25. The molecule has 24 heavy (non-hydrogen) atoms. The molecule has 1 aromatic carbocycles. The zero-order valence-electron chi connectivity index (χ0n) is 14.0. The van der Waals surface area contributed by atoms with Gasteiger partial charge in [0, 0.05) is 35.6 Å². The molecule has 2 aromatic rings. The molecule has 0 aliphatic heterocycles. The van der Waals surface area contributed by atoms with E-state index < -0.39 is 0 Å². The van der Waals surface area contributed by atoms with Gasteiger partial charge in [0.05, 0.1) is 20.5 Å². The molecule has 0 fully saturated rings. The highest BCUT2D eigenvalue weighted by atomic mass is 16.5. The van der Waals surface area contributed by atoms with E-state index in [9.17, 15) is 9.59 Å². The van der Waals surface area contributed by atoms with Crippen LogP contribution in [0.4, 0.5) is 5.69 Å². The third-order valence-electron chi connectivity index (χ3n) is 3.39. The number of hydrogen-bond acceptors (Lipinski definition) is 5. The second kappa shape index (κ2) is 8.14. The summed E-state index contributed by atoms with van der Waals surface area (Å²) in [5.74, 6) is 0.789. The Morgan fingerprint density at radius 3 is 2.38 bits per heavy atom. The zero-order valence-corrected chi connectivity index (χ0v) is 14.0. The summed E-state index contributed by atoms with van der Waals surface area (Å²) in [6.45, 7) is 1.90. The van der Waals surface area contributed by atoms with Gasteiger partial charge in [-0.2, -0.15) is 0 Å². The van der Waals surface area contributed by atoms with Crippen molar-refractivity contribution in [3.8, 4) is 11.5 Å². The van der Waals surface area contributed by atoms with Gasteiger partial charge in [-0.25, -0.2) is 4.98 Å². The minimum atomic E-state index is -0.336. The predicted octanol–water partition coefficient (Wildman–Crippen LogP) is 1.85. The molecule has 0 unspecified atom stereocenters. The lowest BCUT2D eigenvalue weighted by Crippen LogP contribution is -2.27. The van der Waals surface area contributed by atoms with Crippen LogP contribution in [0, 0.1) is 0 Å². The molecule has 128 valence electrons. The first kappa shape index (κ1) is 17.5. The van der Waals surface area contributed by atoms with Crippen LogP contribution >= 0.6 is 0 Å². The largest absolute Gasteiger partial charge is 0.497 e. The van der Waals surface area contributed by atoms with Gasteiger partial charge in [-0.15, -0.1) is 0 Å². The Kier molecular flexibility index (Phi) is 5.95. The van der Waals surface area contributed by atoms with Crippen molar-refractivity contribution in [3.05, 3.63) is 46.6 Å². The van der Waals surface area contributed by atoms with E-state index >= 15 is 0 Å². The first-order valence-electron chi connectivity index (χ1n) is 7.64. The highest BCUT2D eigenvalue weighted by Gasteiger charge is 2.08. The number of amides is 1. The minimum absolute atomic E-state index is 0.113. The van der Waals surface area contributed by atoms with E-state index in [1.165, 1.54) is 31.2 Å². The number of benzene rings is 1. The summed E-state index contributed by atoms with van der Waals surface area (Å²) in [5, 5.41) is 2.72. The van der Waals surface area contributed by atoms with Crippen LogP contribution in [-0.4, -0.2) is 29.7 Å². The van der Waals surface area contributed by atoms with E-state index in [1.54, 1.807) is 18.2 Å². The van der Waals surface area contributed by atoms with Gasteiger partial charge < -0.3 is 14.8 Å². The van der Waals surface area contributed by atoms with Gasteiger partial charge in [0.2, 0.25) is 5.91 Å². The summed E-state index contributed by atoms with van der Waals surface area (Å²) >= 11 is 0. The van der Waals surface area contributed by atoms with E-state index in [0.29, 0.717) is 17.2 Å². The number of carbonyl (C=O) groups excluding carboxylic acids is 1. The number of ether oxygens (including phenoxy) is 2. The first-order valence-corrected chi connectivity index (χ1v) is 7.64. The van der Waals surface area contributed by atoms with Gasteiger partial charge in [-0.05, 0) is 6.42 Å². The van der Waals surface area contributed by atoms with Gasteiger partial charge in [0.15, 0.2) is 0 Å². The highest BCUT2D eigenvalue weighted by Crippen LogP contribution is 2.25. The SMILES string of the molecule is CCCc1cc(=O)n(CC(=O)Nc2cc(OC)cc(OC)c2)cn1. The van der Waals surface area contributed by atoms with Crippen molar-refractivity contribution >= 4 is 11.6 Å². The van der Waals surface area contributed by atoms with Crippen molar-refractivity contribution in [3.63, 3.8) is 0 Å². The number of aryl methyl sites for hydroxylation is 1. The lowest BCUT2D eigenvalue weighted by atomic mass is 10.2. The fourth-order valence-electron chi connectivity index (χ4n) is 2.21. The Balaban J connectivity index is 2.09. The maximum atomic E-state index is 12.2. The van der Waals surface area contributed by atoms with Gasteiger partial charge in [0.25, 0.3) is 5.56 Å². The van der Waals surface area contributed by atoms with E-state index in [2.05, 4.69) is 10.3 Å². The van der Waals surface area contributed by atoms with Gasteiger partial charge in [-0.3, -0.25) is 14.2 Å². The number of anilines is 1. The Labute approximate surface area is 140 Å². The topological polar surface area (TPSA) is 82.5 Å². The zero-order chi connectivity index (χ0) is 17.5. The summed E-state index contributed by atoms with van der Waals surface area (Å²) in [4.78, 5) is 28.4.